The first-order valence-corrected chi connectivity index (χ1v) is 6.96. The first kappa shape index (κ1) is 17.1. The van der Waals surface area contributed by atoms with Gasteiger partial charge in [-0.15, -0.1) is 0 Å². The number of carbonyl (C=O) groups is 1. The van der Waals surface area contributed by atoms with Crippen LogP contribution in [0, 0.1) is 22.6 Å². The van der Waals surface area contributed by atoms with Crippen LogP contribution < -0.4 is 5.32 Å². The molecule has 0 saturated heterocycles. The smallest absolute Gasteiger partial charge is 0.303 e. The second kappa shape index (κ2) is 7.75. The number of nitrogens with zero attached hydrogens (tertiary/aromatic N) is 1. The summed E-state index contributed by atoms with van der Waals surface area (Å²) >= 11 is 0. The largest absolute Gasteiger partial charge is 0.481 e. The van der Waals surface area contributed by atoms with Crippen molar-refractivity contribution in [3.8, 4) is 6.07 Å². The molecule has 0 aliphatic heterocycles. The van der Waals surface area contributed by atoms with Gasteiger partial charge in [-0.2, -0.15) is 5.26 Å². The van der Waals surface area contributed by atoms with E-state index in [0.29, 0.717) is 25.1 Å². The topological polar surface area (TPSA) is 73.1 Å². The van der Waals surface area contributed by atoms with Gasteiger partial charge in [0.2, 0.25) is 0 Å². The van der Waals surface area contributed by atoms with Crippen molar-refractivity contribution >= 4 is 5.97 Å². The third-order valence-corrected chi connectivity index (χ3v) is 3.51. The van der Waals surface area contributed by atoms with Crippen molar-refractivity contribution in [1.82, 2.24) is 5.32 Å². The van der Waals surface area contributed by atoms with Gasteiger partial charge in [0.15, 0.2) is 0 Å². The van der Waals surface area contributed by atoms with Crippen molar-refractivity contribution in [2.45, 2.75) is 39.7 Å². The van der Waals surface area contributed by atoms with E-state index < -0.39 is 11.8 Å². The maximum absolute atomic E-state index is 13.8. The lowest BCUT2D eigenvalue weighted by molar-refractivity contribution is -0.137. The number of nitrogens with one attached hydrogen (secondary N) is 1. The van der Waals surface area contributed by atoms with E-state index in [1.807, 2.05) is 19.9 Å². The first-order chi connectivity index (χ1) is 9.85. The number of aliphatic carboxylic acids is 1. The zero-order chi connectivity index (χ0) is 15.9. The lowest BCUT2D eigenvalue weighted by Crippen LogP contribution is -2.23. The molecule has 0 saturated carbocycles. The van der Waals surface area contributed by atoms with Gasteiger partial charge in [-0.25, -0.2) is 4.39 Å². The summed E-state index contributed by atoms with van der Waals surface area (Å²) in [7, 11) is 0. The minimum Gasteiger partial charge on any atom is -0.481 e. The highest BCUT2D eigenvalue weighted by molar-refractivity contribution is 5.66. The standard InChI is InChI=1S/C16H21FN2O2/c1-16(2,7-6-14(20)21)8-9-19-11-13-5-3-4-12(10-18)15(13)17/h3-5,19H,6-9,11H2,1-2H3,(H,20,21). The SMILES string of the molecule is CC(C)(CCNCc1cccc(C#N)c1F)CCC(=O)O. The van der Waals surface area contributed by atoms with E-state index in [1.165, 1.54) is 6.07 Å². The third kappa shape index (κ3) is 5.92. The fourth-order valence-electron chi connectivity index (χ4n) is 2.02. The van der Waals surface area contributed by atoms with Crippen LogP contribution in [-0.4, -0.2) is 17.6 Å². The highest BCUT2D eigenvalue weighted by Gasteiger charge is 2.18. The molecule has 2 N–H and O–H groups in total. The van der Waals surface area contributed by atoms with Crippen LogP contribution in [0.1, 0.15) is 44.2 Å². The molecule has 21 heavy (non-hydrogen) atoms. The lowest BCUT2D eigenvalue weighted by atomic mass is 9.84. The molecule has 0 amide bonds. The lowest BCUT2D eigenvalue weighted by Gasteiger charge is -2.23. The second-order valence-electron chi connectivity index (χ2n) is 5.88. The quantitative estimate of drug-likeness (QED) is 0.722. The van der Waals surface area contributed by atoms with Gasteiger partial charge in [0.05, 0.1) is 5.56 Å². The number of nitriles is 1. The van der Waals surface area contributed by atoms with Gasteiger partial charge in [0.25, 0.3) is 0 Å². The first-order valence-electron chi connectivity index (χ1n) is 6.96. The molecule has 5 heteroatoms. The molecule has 0 aromatic heterocycles. The van der Waals surface area contributed by atoms with Crippen LogP contribution in [0.3, 0.4) is 0 Å². The molecule has 0 atom stereocenters. The Balaban J connectivity index is 2.41. The molecule has 1 rings (SSSR count). The molecule has 0 unspecified atom stereocenters. The summed E-state index contributed by atoms with van der Waals surface area (Å²) in [4.78, 5) is 10.6. The molecule has 0 fully saturated rings. The van der Waals surface area contributed by atoms with E-state index in [-0.39, 0.29) is 17.4 Å². The van der Waals surface area contributed by atoms with Crippen LogP contribution in [0.2, 0.25) is 0 Å². The third-order valence-electron chi connectivity index (χ3n) is 3.51. The molecule has 0 aliphatic carbocycles. The Morgan fingerprint density at radius 2 is 2.14 bits per heavy atom. The van der Waals surface area contributed by atoms with Gasteiger partial charge in [-0.1, -0.05) is 26.0 Å². The van der Waals surface area contributed by atoms with Crippen molar-refractivity contribution in [3.05, 3.63) is 35.1 Å². The number of hydrogen-bond donors (Lipinski definition) is 2. The van der Waals surface area contributed by atoms with Gasteiger partial charge in [0.1, 0.15) is 11.9 Å². The zero-order valence-corrected chi connectivity index (χ0v) is 12.4. The van der Waals surface area contributed by atoms with Crippen LogP contribution in [0.5, 0.6) is 0 Å². The summed E-state index contributed by atoms with van der Waals surface area (Å²) in [6.07, 6.45) is 1.58. The summed E-state index contributed by atoms with van der Waals surface area (Å²) in [5.41, 5.74) is 0.451. The Bertz CT molecular complexity index is 536. The summed E-state index contributed by atoms with van der Waals surface area (Å²) < 4.78 is 13.8. The van der Waals surface area contributed by atoms with Crippen LogP contribution in [0.25, 0.3) is 0 Å². The van der Waals surface area contributed by atoms with Gasteiger partial charge < -0.3 is 10.4 Å². The summed E-state index contributed by atoms with van der Waals surface area (Å²) in [5, 5.41) is 20.6. The van der Waals surface area contributed by atoms with Crippen molar-refractivity contribution in [2.75, 3.05) is 6.54 Å². The van der Waals surface area contributed by atoms with Crippen LogP contribution >= 0.6 is 0 Å². The number of benzene rings is 1. The van der Waals surface area contributed by atoms with Crippen molar-refractivity contribution < 1.29 is 14.3 Å². The second-order valence-corrected chi connectivity index (χ2v) is 5.88. The molecule has 114 valence electrons. The Morgan fingerprint density at radius 1 is 1.43 bits per heavy atom. The molecule has 0 bridgehead atoms. The Hall–Kier alpha value is -1.93. The normalized spacial score (nSPS) is 11.1. The van der Waals surface area contributed by atoms with Gasteiger partial charge in [0, 0.05) is 18.5 Å². The molecule has 0 radical (unpaired) electrons. The molecule has 1 aromatic carbocycles. The van der Waals surface area contributed by atoms with Crippen LogP contribution in [0.15, 0.2) is 18.2 Å². The molecule has 1 aromatic rings. The fourth-order valence-corrected chi connectivity index (χ4v) is 2.02. The Labute approximate surface area is 124 Å². The number of rotatable bonds is 8. The number of carboxylic acids is 1. The van der Waals surface area contributed by atoms with Crippen LogP contribution in [-0.2, 0) is 11.3 Å². The van der Waals surface area contributed by atoms with E-state index in [1.54, 1.807) is 12.1 Å². The van der Waals surface area contributed by atoms with Crippen molar-refractivity contribution in [1.29, 1.82) is 5.26 Å². The molecule has 4 nitrogen and oxygen atoms in total. The maximum atomic E-state index is 13.8. The molecule has 0 heterocycles. The average Bonchev–Trinajstić information content (AvgIpc) is 2.43. The summed E-state index contributed by atoms with van der Waals surface area (Å²) in [6.45, 7) is 5.07. The maximum Gasteiger partial charge on any atom is 0.303 e. The number of hydrogen-bond acceptors (Lipinski definition) is 3. The van der Waals surface area contributed by atoms with Crippen molar-refractivity contribution in [3.63, 3.8) is 0 Å². The number of carboxylic acid groups (broad SMARTS) is 1. The fraction of sp³-hybridized carbons (Fsp3) is 0.500. The number of halogens is 1. The van der Waals surface area contributed by atoms with Gasteiger partial charge >= 0.3 is 5.97 Å². The van der Waals surface area contributed by atoms with E-state index in [9.17, 15) is 9.18 Å². The summed E-state index contributed by atoms with van der Waals surface area (Å²) in [5.74, 6) is -1.26. The van der Waals surface area contributed by atoms with E-state index in [2.05, 4.69) is 5.32 Å². The van der Waals surface area contributed by atoms with Crippen molar-refractivity contribution in [2.24, 2.45) is 5.41 Å². The molecular formula is C16H21FN2O2. The van der Waals surface area contributed by atoms with Gasteiger partial charge in [-0.3, -0.25) is 4.79 Å². The molecule has 0 aliphatic rings. The highest BCUT2D eigenvalue weighted by Crippen LogP contribution is 2.26. The van der Waals surface area contributed by atoms with E-state index in [0.717, 1.165) is 6.42 Å². The predicted molar refractivity (Wildman–Crippen MR) is 78.1 cm³/mol. The molecule has 0 spiro atoms. The van der Waals surface area contributed by atoms with Gasteiger partial charge in [-0.05, 0) is 30.9 Å². The molecular weight excluding hydrogens is 271 g/mol. The minimum absolute atomic E-state index is 0.0519. The van der Waals surface area contributed by atoms with Crippen LogP contribution in [0.4, 0.5) is 4.39 Å². The predicted octanol–water partition coefficient (Wildman–Crippen LogP) is 3.07. The van der Waals surface area contributed by atoms with E-state index >= 15 is 0 Å². The van der Waals surface area contributed by atoms with E-state index in [4.69, 9.17) is 10.4 Å². The zero-order valence-electron chi connectivity index (χ0n) is 12.4. The minimum atomic E-state index is -0.786. The highest BCUT2D eigenvalue weighted by atomic mass is 19.1. The summed E-state index contributed by atoms with van der Waals surface area (Å²) in [6, 6.07) is 6.59. The average molecular weight is 292 g/mol. The Morgan fingerprint density at radius 3 is 2.76 bits per heavy atom. The monoisotopic (exact) mass is 292 g/mol. The Kier molecular flexibility index (Phi) is 6.32.